The maximum atomic E-state index is 13.8. The molecule has 0 spiro atoms. The van der Waals surface area contributed by atoms with E-state index in [2.05, 4.69) is 5.32 Å². The van der Waals surface area contributed by atoms with Crippen molar-refractivity contribution < 1.29 is 39.0 Å². The van der Waals surface area contributed by atoms with Crippen molar-refractivity contribution in [1.82, 2.24) is 9.80 Å². The molecule has 0 bridgehead atoms. The number of ketones is 4. The second kappa shape index (κ2) is 9.03. The first-order valence-electron chi connectivity index (χ1n) is 11.9. The van der Waals surface area contributed by atoms with Crippen LogP contribution in [0.3, 0.4) is 0 Å². The highest BCUT2D eigenvalue weighted by atomic mass is 16.3. The lowest BCUT2D eigenvalue weighted by atomic mass is 9.52. The summed E-state index contributed by atoms with van der Waals surface area (Å²) in [6.45, 7) is -0.150. The van der Waals surface area contributed by atoms with Gasteiger partial charge in [-0.05, 0) is 44.5 Å². The Hall–Kier alpha value is -3.64. The van der Waals surface area contributed by atoms with E-state index >= 15 is 0 Å². The molecule has 4 rings (SSSR count). The van der Waals surface area contributed by atoms with Gasteiger partial charge in [-0.3, -0.25) is 33.7 Å². The van der Waals surface area contributed by atoms with Crippen molar-refractivity contribution in [3.8, 4) is 5.75 Å². The van der Waals surface area contributed by atoms with Gasteiger partial charge in [0.25, 0.3) is 0 Å². The number of phenolic OH excluding ortho intramolecular Hbond substituents is 1. The van der Waals surface area contributed by atoms with Crippen LogP contribution in [0.5, 0.6) is 5.75 Å². The number of carbonyl (C=O) groups is 6. The van der Waals surface area contributed by atoms with Crippen molar-refractivity contribution in [3.05, 3.63) is 23.3 Å². The zero-order valence-corrected chi connectivity index (χ0v) is 21.0. The smallest absolute Gasteiger partial charge is 0.241 e. The molecule has 6 atom stereocenters. The number of rotatable bonds is 5. The Balaban J connectivity index is 1.76. The fourth-order valence-electron chi connectivity index (χ4n) is 6.05. The van der Waals surface area contributed by atoms with Gasteiger partial charge in [-0.1, -0.05) is 6.07 Å². The standard InChI is InChI=1S/C25H30N4O8/c1-28(2)14(30)9-27-13-6-5-10-7-11-8-12-18(29(3)4)21(33)17(24(26)36)23(35)25(12,37)22(34)16(11)20(32)15(10)19(13)31/h5-6,11-12,16-18,27,31,37H,7-9H2,1-4H3,(H2,26,36)/t11?,12?,16?,17?,18-,25?/m0/s1. The minimum atomic E-state index is -2.76. The number of aliphatic hydroxyl groups is 1. The molecule has 1 aromatic carbocycles. The van der Waals surface area contributed by atoms with Gasteiger partial charge in [0, 0.05) is 20.0 Å². The summed E-state index contributed by atoms with van der Waals surface area (Å²) in [5, 5.41) is 25.2. The van der Waals surface area contributed by atoms with Crippen LogP contribution in [0.4, 0.5) is 5.69 Å². The molecular weight excluding hydrogens is 484 g/mol. The van der Waals surface area contributed by atoms with Crippen LogP contribution in [0.2, 0.25) is 0 Å². The van der Waals surface area contributed by atoms with Crippen molar-refractivity contribution in [2.45, 2.75) is 24.5 Å². The first kappa shape index (κ1) is 26.4. The summed E-state index contributed by atoms with van der Waals surface area (Å²) >= 11 is 0. The number of nitrogens with two attached hydrogens (primary N) is 1. The van der Waals surface area contributed by atoms with Crippen LogP contribution < -0.4 is 11.1 Å². The van der Waals surface area contributed by atoms with Crippen LogP contribution in [-0.2, 0) is 30.4 Å². The number of amides is 2. The number of anilines is 1. The van der Waals surface area contributed by atoms with Gasteiger partial charge in [0.2, 0.25) is 11.8 Å². The molecule has 0 saturated heterocycles. The summed E-state index contributed by atoms with van der Waals surface area (Å²) in [6.07, 6.45) is 0.165. The number of phenols is 1. The van der Waals surface area contributed by atoms with E-state index < -0.39 is 70.1 Å². The Morgan fingerprint density at radius 1 is 1.11 bits per heavy atom. The fraction of sp³-hybridized carbons (Fsp3) is 0.520. The number of nitrogens with zero attached hydrogens (tertiary/aromatic N) is 2. The Bertz CT molecular complexity index is 1240. The number of likely N-dealkylation sites (N-methyl/N-ethyl adjacent to an activating group) is 2. The number of hydrogen-bond acceptors (Lipinski definition) is 10. The van der Waals surface area contributed by atoms with Crippen LogP contribution in [0.1, 0.15) is 22.3 Å². The summed E-state index contributed by atoms with van der Waals surface area (Å²) in [5.41, 5.74) is 3.00. The van der Waals surface area contributed by atoms with Gasteiger partial charge in [0.1, 0.15) is 5.75 Å². The van der Waals surface area contributed by atoms with Crippen LogP contribution >= 0.6 is 0 Å². The van der Waals surface area contributed by atoms with E-state index in [1.54, 1.807) is 20.2 Å². The highest BCUT2D eigenvalue weighted by Crippen LogP contribution is 2.51. The van der Waals surface area contributed by atoms with E-state index in [9.17, 15) is 39.0 Å². The Morgan fingerprint density at radius 2 is 1.76 bits per heavy atom. The van der Waals surface area contributed by atoms with Crippen LogP contribution in [0.25, 0.3) is 0 Å². The summed E-state index contributed by atoms with van der Waals surface area (Å²) < 4.78 is 0. The Morgan fingerprint density at radius 3 is 2.32 bits per heavy atom. The zero-order chi connectivity index (χ0) is 27.6. The molecule has 0 radical (unpaired) electrons. The number of nitrogens with one attached hydrogen (secondary N) is 1. The van der Waals surface area contributed by atoms with E-state index in [1.807, 2.05) is 0 Å². The second-order valence-electron chi connectivity index (χ2n) is 10.4. The predicted molar refractivity (Wildman–Crippen MR) is 129 cm³/mol. The zero-order valence-electron chi connectivity index (χ0n) is 21.0. The molecular formula is C25H30N4O8. The summed E-state index contributed by atoms with van der Waals surface area (Å²) in [4.78, 5) is 80.4. The topological polar surface area (TPSA) is 187 Å². The molecule has 5 unspecified atom stereocenters. The minimum absolute atomic E-state index is 0.0119. The summed E-state index contributed by atoms with van der Waals surface area (Å²) in [6, 6.07) is 2.00. The van der Waals surface area contributed by atoms with E-state index in [0.29, 0.717) is 5.56 Å². The molecule has 0 aromatic heterocycles. The third-order valence-electron chi connectivity index (χ3n) is 7.86. The van der Waals surface area contributed by atoms with Gasteiger partial charge >= 0.3 is 0 Å². The molecule has 2 amide bonds. The molecule has 3 aliphatic carbocycles. The monoisotopic (exact) mass is 514 g/mol. The van der Waals surface area contributed by atoms with Crippen molar-refractivity contribution in [3.63, 3.8) is 0 Å². The average Bonchev–Trinajstić information content (AvgIpc) is 2.80. The van der Waals surface area contributed by atoms with Crippen molar-refractivity contribution in [1.29, 1.82) is 0 Å². The maximum absolute atomic E-state index is 13.8. The third kappa shape index (κ3) is 3.82. The number of hydrogen-bond donors (Lipinski definition) is 4. The molecule has 2 fully saturated rings. The Kier molecular flexibility index (Phi) is 6.45. The lowest BCUT2D eigenvalue weighted by Gasteiger charge is -2.52. The molecule has 3 aliphatic rings. The molecule has 0 heterocycles. The number of Topliss-reactive ketones (excluding diaryl/α,β-unsaturated/α-hetero) is 4. The molecule has 12 nitrogen and oxygen atoms in total. The average molecular weight is 515 g/mol. The SMILES string of the molecule is CN(C)C(=O)CNc1ccc2c(c1O)C(=O)C1C(=O)C3(O)C(=O)C(C(N)=O)C(=O)[C@@H](N(C)C)C3CC1C2. The van der Waals surface area contributed by atoms with Gasteiger partial charge in [-0.2, -0.15) is 0 Å². The molecule has 1 aromatic rings. The summed E-state index contributed by atoms with van der Waals surface area (Å²) in [7, 11) is 6.19. The summed E-state index contributed by atoms with van der Waals surface area (Å²) in [5.74, 6) is -11.2. The minimum Gasteiger partial charge on any atom is -0.505 e. The van der Waals surface area contributed by atoms with Gasteiger partial charge < -0.3 is 26.2 Å². The first-order chi connectivity index (χ1) is 17.2. The normalized spacial score (nSPS) is 30.9. The maximum Gasteiger partial charge on any atom is 0.241 e. The highest BCUT2D eigenvalue weighted by molar-refractivity contribution is 6.32. The largest absolute Gasteiger partial charge is 0.505 e. The van der Waals surface area contributed by atoms with E-state index in [0.717, 1.165) is 0 Å². The molecule has 5 N–H and O–H groups in total. The van der Waals surface area contributed by atoms with Crippen molar-refractivity contribution in [2.24, 2.45) is 29.4 Å². The number of benzene rings is 1. The predicted octanol–water partition coefficient (Wildman–Crippen LogP) is -1.63. The third-order valence-corrected chi connectivity index (χ3v) is 7.86. The molecule has 37 heavy (non-hydrogen) atoms. The first-order valence-corrected chi connectivity index (χ1v) is 11.9. The second-order valence-corrected chi connectivity index (χ2v) is 10.4. The fourth-order valence-corrected chi connectivity index (χ4v) is 6.05. The van der Waals surface area contributed by atoms with Crippen LogP contribution in [0.15, 0.2) is 12.1 Å². The number of aromatic hydroxyl groups is 1. The molecule has 2 saturated carbocycles. The lowest BCUT2D eigenvalue weighted by molar-refractivity contribution is -0.181. The van der Waals surface area contributed by atoms with Gasteiger partial charge in [0.05, 0.1) is 29.8 Å². The van der Waals surface area contributed by atoms with Gasteiger partial charge in [-0.25, -0.2) is 0 Å². The van der Waals surface area contributed by atoms with Crippen molar-refractivity contribution >= 4 is 40.6 Å². The van der Waals surface area contributed by atoms with Crippen molar-refractivity contribution in [2.75, 3.05) is 40.1 Å². The van der Waals surface area contributed by atoms with E-state index in [1.165, 1.54) is 30.0 Å². The highest BCUT2D eigenvalue weighted by Gasteiger charge is 2.69. The van der Waals surface area contributed by atoms with E-state index in [4.69, 9.17) is 5.73 Å². The molecule has 0 aliphatic heterocycles. The number of fused-ring (bicyclic) bond motifs is 3. The van der Waals surface area contributed by atoms with Crippen LogP contribution in [-0.4, -0.2) is 101 Å². The number of primary amides is 1. The Labute approximate surface area is 212 Å². The van der Waals surface area contributed by atoms with Gasteiger partial charge in [0.15, 0.2) is 34.7 Å². The quantitative estimate of drug-likeness (QED) is 0.262. The molecule has 198 valence electrons. The van der Waals surface area contributed by atoms with E-state index in [-0.39, 0.29) is 36.5 Å². The molecule has 12 heteroatoms. The van der Waals surface area contributed by atoms with Crippen LogP contribution in [0, 0.1) is 23.7 Å². The lowest BCUT2D eigenvalue weighted by Crippen LogP contribution is -2.74. The van der Waals surface area contributed by atoms with Gasteiger partial charge in [-0.15, -0.1) is 0 Å². The number of carbonyl (C=O) groups excluding carboxylic acids is 6.